The van der Waals surface area contributed by atoms with Crippen LogP contribution in [0.25, 0.3) is 0 Å². The number of nitrogens with zero attached hydrogens (tertiary/aromatic N) is 4. The molecule has 0 amide bonds. The third-order valence-electron chi connectivity index (χ3n) is 1.53. The van der Waals surface area contributed by atoms with E-state index < -0.39 is 0 Å². The van der Waals surface area contributed by atoms with Crippen molar-refractivity contribution in [2.45, 2.75) is 13.5 Å². The highest BCUT2D eigenvalue weighted by Gasteiger charge is 1.99. The zero-order valence-electron chi connectivity index (χ0n) is 7.07. The van der Waals surface area contributed by atoms with Crippen LogP contribution < -0.4 is 5.32 Å². The minimum Gasteiger partial charge on any atom is -0.346 e. The van der Waals surface area contributed by atoms with E-state index in [0.29, 0.717) is 12.5 Å². The lowest BCUT2D eigenvalue weighted by atomic mass is 10.4. The van der Waals surface area contributed by atoms with E-state index in [1.165, 1.54) is 0 Å². The minimum atomic E-state index is 0.473. The number of nitrogens with one attached hydrogen (secondary N) is 3. The van der Waals surface area contributed by atoms with Crippen LogP contribution in [0.4, 0.5) is 5.95 Å². The average molecular weight is 179 g/mol. The lowest BCUT2D eigenvalue weighted by Crippen LogP contribution is -2.01. The largest absolute Gasteiger partial charge is 0.346 e. The quantitative estimate of drug-likeness (QED) is 0.608. The Bertz CT molecular complexity index is 362. The molecule has 0 aliphatic carbocycles. The number of rotatable bonds is 3. The second-order valence-electron chi connectivity index (χ2n) is 2.63. The van der Waals surface area contributed by atoms with Crippen LogP contribution in [0.2, 0.25) is 0 Å². The molecular weight excluding hydrogens is 170 g/mol. The Kier molecular flexibility index (Phi) is 1.91. The summed E-state index contributed by atoms with van der Waals surface area (Å²) in [6, 6.07) is 1.95. The van der Waals surface area contributed by atoms with Crippen molar-refractivity contribution in [1.82, 2.24) is 30.8 Å². The first-order valence-electron chi connectivity index (χ1n) is 3.83. The molecule has 3 N–H and O–H groups in total. The summed E-state index contributed by atoms with van der Waals surface area (Å²) in [5.41, 5.74) is 1.95. The number of tetrazole rings is 1. The molecule has 2 aromatic rings. The monoisotopic (exact) mass is 179 g/mol. The third-order valence-corrected chi connectivity index (χ3v) is 1.53. The summed E-state index contributed by atoms with van der Waals surface area (Å²) >= 11 is 0. The van der Waals surface area contributed by atoms with E-state index in [1.807, 2.05) is 13.0 Å². The minimum absolute atomic E-state index is 0.473. The molecule has 0 aliphatic heterocycles. The number of aromatic amines is 2. The van der Waals surface area contributed by atoms with Gasteiger partial charge in [0.1, 0.15) is 0 Å². The molecule has 0 bridgehead atoms. The first kappa shape index (κ1) is 7.71. The summed E-state index contributed by atoms with van der Waals surface area (Å²) in [5.74, 6) is 0.473. The SMILES string of the molecule is Cc1cc(CNc2nn[nH]n2)n[nH]1. The first-order chi connectivity index (χ1) is 6.34. The Morgan fingerprint density at radius 2 is 2.38 bits per heavy atom. The maximum absolute atomic E-state index is 4.04. The zero-order chi connectivity index (χ0) is 9.10. The molecule has 2 rings (SSSR count). The first-order valence-corrected chi connectivity index (χ1v) is 3.83. The lowest BCUT2D eigenvalue weighted by Gasteiger charge is -1.94. The summed E-state index contributed by atoms with van der Waals surface area (Å²) in [7, 11) is 0. The molecular formula is C6H9N7. The van der Waals surface area contributed by atoms with Crippen LogP contribution in [-0.4, -0.2) is 30.8 Å². The molecule has 0 fully saturated rings. The fraction of sp³-hybridized carbons (Fsp3) is 0.333. The second-order valence-corrected chi connectivity index (χ2v) is 2.63. The van der Waals surface area contributed by atoms with Gasteiger partial charge in [-0.15, -0.1) is 5.10 Å². The van der Waals surface area contributed by atoms with Crippen molar-refractivity contribution in [1.29, 1.82) is 0 Å². The van der Waals surface area contributed by atoms with Crippen LogP contribution >= 0.6 is 0 Å². The molecule has 2 aromatic heterocycles. The van der Waals surface area contributed by atoms with E-state index in [-0.39, 0.29) is 0 Å². The number of anilines is 1. The number of H-pyrrole nitrogens is 2. The molecule has 0 saturated heterocycles. The molecule has 0 saturated carbocycles. The van der Waals surface area contributed by atoms with Gasteiger partial charge in [0.2, 0.25) is 0 Å². The van der Waals surface area contributed by atoms with Gasteiger partial charge < -0.3 is 5.32 Å². The van der Waals surface area contributed by atoms with Gasteiger partial charge in [-0.3, -0.25) is 5.10 Å². The van der Waals surface area contributed by atoms with Crippen LogP contribution in [0.1, 0.15) is 11.4 Å². The highest BCUT2D eigenvalue weighted by Crippen LogP contribution is 2.00. The zero-order valence-corrected chi connectivity index (χ0v) is 7.07. The third kappa shape index (κ3) is 1.81. The summed E-state index contributed by atoms with van der Waals surface area (Å²) < 4.78 is 0. The van der Waals surface area contributed by atoms with Gasteiger partial charge in [0.05, 0.1) is 12.2 Å². The van der Waals surface area contributed by atoms with E-state index in [0.717, 1.165) is 11.4 Å². The van der Waals surface area contributed by atoms with Crippen molar-refractivity contribution in [3.8, 4) is 0 Å². The number of aryl methyl sites for hydroxylation is 1. The molecule has 0 radical (unpaired) electrons. The Morgan fingerprint density at radius 1 is 1.46 bits per heavy atom. The number of hydrogen-bond acceptors (Lipinski definition) is 5. The highest BCUT2D eigenvalue weighted by atomic mass is 15.5. The predicted molar refractivity (Wildman–Crippen MR) is 44.8 cm³/mol. The van der Waals surface area contributed by atoms with Crippen molar-refractivity contribution in [2.75, 3.05) is 5.32 Å². The molecule has 0 aliphatic rings. The highest BCUT2D eigenvalue weighted by molar-refractivity contribution is 5.21. The van der Waals surface area contributed by atoms with Gasteiger partial charge in [-0.25, -0.2) is 0 Å². The average Bonchev–Trinajstić information content (AvgIpc) is 2.71. The Hall–Kier alpha value is -1.92. The summed E-state index contributed by atoms with van der Waals surface area (Å²) in [6.07, 6.45) is 0. The maximum atomic E-state index is 4.04. The normalized spacial score (nSPS) is 10.2. The molecule has 0 aromatic carbocycles. The summed E-state index contributed by atoms with van der Waals surface area (Å²) in [5, 5.41) is 23.1. The lowest BCUT2D eigenvalue weighted by molar-refractivity contribution is 0.881. The van der Waals surface area contributed by atoms with E-state index in [4.69, 9.17) is 0 Å². The fourth-order valence-corrected chi connectivity index (χ4v) is 0.971. The van der Waals surface area contributed by atoms with Gasteiger partial charge in [0.15, 0.2) is 0 Å². The molecule has 7 nitrogen and oxygen atoms in total. The van der Waals surface area contributed by atoms with Crippen molar-refractivity contribution in [2.24, 2.45) is 0 Å². The van der Waals surface area contributed by atoms with Crippen LogP contribution in [0.3, 0.4) is 0 Å². The van der Waals surface area contributed by atoms with Crippen molar-refractivity contribution >= 4 is 5.95 Å². The number of hydrogen-bond donors (Lipinski definition) is 3. The second kappa shape index (κ2) is 3.21. The van der Waals surface area contributed by atoms with E-state index in [9.17, 15) is 0 Å². The van der Waals surface area contributed by atoms with Crippen LogP contribution in [0.15, 0.2) is 6.07 Å². The van der Waals surface area contributed by atoms with Gasteiger partial charge in [0, 0.05) is 5.69 Å². The number of aromatic nitrogens is 6. The molecule has 68 valence electrons. The maximum Gasteiger partial charge on any atom is 0.263 e. The van der Waals surface area contributed by atoms with Crippen LogP contribution in [0, 0.1) is 6.92 Å². The van der Waals surface area contributed by atoms with Crippen molar-refractivity contribution in [3.05, 3.63) is 17.5 Å². The van der Waals surface area contributed by atoms with Gasteiger partial charge >= 0.3 is 0 Å². The van der Waals surface area contributed by atoms with Crippen LogP contribution in [-0.2, 0) is 6.54 Å². The Labute approximate surface area is 73.9 Å². The molecule has 2 heterocycles. The summed E-state index contributed by atoms with van der Waals surface area (Å²) in [4.78, 5) is 0. The topological polar surface area (TPSA) is 95.2 Å². The van der Waals surface area contributed by atoms with Gasteiger partial charge in [0.25, 0.3) is 5.95 Å². The molecule has 0 unspecified atom stereocenters. The summed E-state index contributed by atoms with van der Waals surface area (Å²) in [6.45, 7) is 2.54. The predicted octanol–water partition coefficient (Wildman–Crippen LogP) is -0.157. The van der Waals surface area contributed by atoms with Crippen molar-refractivity contribution < 1.29 is 0 Å². The molecule has 0 atom stereocenters. The van der Waals surface area contributed by atoms with E-state index in [2.05, 4.69) is 36.1 Å². The van der Waals surface area contributed by atoms with Gasteiger partial charge in [-0.2, -0.15) is 10.3 Å². The van der Waals surface area contributed by atoms with Crippen LogP contribution in [0.5, 0.6) is 0 Å². The Morgan fingerprint density at radius 3 is 3.00 bits per heavy atom. The standard InChI is InChI=1S/C6H9N7/c1-4-2-5(9-8-4)3-7-6-10-12-13-11-6/h2H,3H2,1H3,(H,8,9)(H2,7,10,11,12,13). The fourth-order valence-electron chi connectivity index (χ4n) is 0.971. The van der Waals surface area contributed by atoms with E-state index >= 15 is 0 Å². The molecule has 0 spiro atoms. The van der Waals surface area contributed by atoms with Gasteiger partial charge in [-0.05, 0) is 18.2 Å². The molecule has 13 heavy (non-hydrogen) atoms. The Balaban J connectivity index is 1.93. The van der Waals surface area contributed by atoms with Crippen molar-refractivity contribution in [3.63, 3.8) is 0 Å². The smallest absolute Gasteiger partial charge is 0.263 e. The van der Waals surface area contributed by atoms with E-state index in [1.54, 1.807) is 0 Å². The molecule has 7 heteroatoms. The van der Waals surface area contributed by atoms with Gasteiger partial charge in [-0.1, -0.05) is 5.10 Å².